The Balaban J connectivity index is 2.95. The van der Waals surface area contributed by atoms with E-state index in [2.05, 4.69) is 4.72 Å². The lowest BCUT2D eigenvalue weighted by atomic mass is 10.1. The first-order chi connectivity index (χ1) is 7.94. The molecular formula is C11H14ClNO3S. The highest BCUT2D eigenvalue weighted by Gasteiger charge is 2.12. The van der Waals surface area contributed by atoms with Crippen LogP contribution in [0.5, 0.6) is 0 Å². The van der Waals surface area contributed by atoms with Crippen LogP contribution in [-0.4, -0.2) is 26.3 Å². The van der Waals surface area contributed by atoms with Gasteiger partial charge in [0.2, 0.25) is 10.0 Å². The zero-order chi connectivity index (χ0) is 12.9. The zero-order valence-corrected chi connectivity index (χ0v) is 11.0. The lowest BCUT2D eigenvalue weighted by Crippen LogP contribution is -2.13. The molecule has 0 atom stereocenters. The third-order valence-corrected chi connectivity index (χ3v) is 2.92. The summed E-state index contributed by atoms with van der Waals surface area (Å²) in [7, 11) is -3.38. The molecule has 0 fully saturated rings. The van der Waals surface area contributed by atoms with E-state index in [1.54, 1.807) is 24.3 Å². The highest BCUT2D eigenvalue weighted by atomic mass is 35.5. The van der Waals surface area contributed by atoms with E-state index in [4.69, 9.17) is 11.6 Å². The monoisotopic (exact) mass is 275 g/mol. The first-order valence-electron chi connectivity index (χ1n) is 5.10. The minimum absolute atomic E-state index is 0.114. The Morgan fingerprint density at radius 1 is 1.35 bits per heavy atom. The van der Waals surface area contributed by atoms with Crippen LogP contribution in [-0.2, 0) is 10.0 Å². The van der Waals surface area contributed by atoms with Gasteiger partial charge in [-0.2, -0.15) is 0 Å². The maximum atomic E-state index is 11.8. The number of anilines is 1. The first-order valence-corrected chi connectivity index (χ1v) is 7.52. The van der Waals surface area contributed by atoms with E-state index >= 15 is 0 Å². The highest BCUT2D eigenvalue weighted by molar-refractivity contribution is 7.92. The number of nitrogens with one attached hydrogen (secondary N) is 1. The van der Waals surface area contributed by atoms with Crippen LogP contribution in [0.25, 0.3) is 0 Å². The molecule has 0 saturated heterocycles. The van der Waals surface area contributed by atoms with E-state index in [0.29, 0.717) is 30.0 Å². The van der Waals surface area contributed by atoms with Crippen molar-refractivity contribution in [1.82, 2.24) is 0 Å². The molecular weight excluding hydrogens is 262 g/mol. The molecule has 1 rings (SSSR count). The van der Waals surface area contributed by atoms with Gasteiger partial charge in [0.05, 0.1) is 11.9 Å². The second kappa shape index (κ2) is 6.02. The highest BCUT2D eigenvalue weighted by Crippen LogP contribution is 2.18. The Labute approximate surface area is 106 Å². The SMILES string of the molecule is CS(=O)(=O)Nc1ccccc1C(=O)CCCCl. The van der Waals surface area contributed by atoms with E-state index in [-0.39, 0.29) is 5.78 Å². The standard InChI is InChI=1S/C11H14ClNO3S/c1-17(15,16)13-10-6-3-2-5-9(10)11(14)7-4-8-12/h2-3,5-6,13H,4,7-8H2,1H3. The minimum atomic E-state index is -3.38. The van der Waals surface area contributed by atoms with Crippen molar-refractivity contribution in [1.29, 1.82) is 0 Å². The van der Waals surface area contributed by atoms with Crippen LogP contribution in [0.15, 0.2) is 24.3 Å². The van der Waals surface area contributed by atoms with Gasteiger partial charge in [0.25, 0.3) is 0 Å². The van der Waals surface area contributed by atoms with Gasteiger partial charge in [0, 0.05) is 17.9 Å². The molecule has 0 spiro atoms. The largest absolute Gasteiger partial charge is 0.294 e. The third-order valence-electron chi connectivity index (χ3n) is 2.06. The van der Waals surface area contributed by atoms with Crippen molar-refractivity contribution in [2.24, 2.45) is 0 Å². The fraction of sp³-hybridized carbons (Fsp3) is 0.364. The fourth-order valence-corrected chi connectivity index (χ4v) is 2.09. The van der Waals surface area contributed by atoms with Gasteiger partial charge >= 0.3 is 0 Å². The molecule has 0 radical (unpaired) electrons. The normalized spacial score (nSPS) is 11.2. The molecule has 0 aliphatic heterocycles. The molecule has 6 heteroatoms. The summed E-state index contributed by atoms with van der Waals surface area (Å²) >= 11 is 5.52. The molecule has 0 bridgehead atoms. The quantitative estimate of drug-likeness (QED) is 0.640. The van der Waals surface area contributed by atoms with Gasteiger partial charge < -0.3 is 0 Å². The summed E-state index contributed by atoms with van der Waals surface area (Å²) in [6.07, 6.45) is 1.94. The Hall–Kier alpha value is -1.07. The van der Waals surface area contributed by atoms with Crippen LogP contribution in [0.1, 0.15) is 23.2 Å². The molecule has 0 aliphatic rings. The van der Waals surface area contributed by atoms with Gasteiger partial charge in [0.15, 0.2) is 5.78 Å². The number of Topliss-reactive ketones (excluding diaryl/α,β-unsaturated/α-hetero) is 1. The summed E-state index contributed by atoms with van der Waals surface area (Å²) in [5, 5.41) is 0. The molecule has 1 aromatic carbocycles. The second-order valence-corrected chi connectivity index (χ2v) is 5.76. The van der Waals surface area contributed by atoms with Crippen molar-refractivity contribution in [2.75, 3.05) is 16.9 Å². The lowest BCUT2D eigenvalue weighted by molar-refractivity contribution is 0.0983. The van der Waals surface area contributed by atoms with Gasteiger partial charge in [-0.25, -0.2) is 8.42 Å². The van der Waals surface area contributed by atoms with Gasteiger partial charge in [-0.15, -0.1) is 11.6 Å². The number of para-hydroxylation sites is 1. The smallest absolute Gasteiger partial charge is 0.229 e. The van der Waals surface area contributed by atoms with E-state index in [0.717, 1.165) is 6.26 Å². The lowest BCUT2D eigenvalue weighted by Gasteiger charge is -2.09. The Morgan fingerprint density at radius 3 is 2.59 bits per heavy atom. The Kier molecular flexibility index (Phi) is 4.96. The van der Waals surface area contributed by atoms with Crippen molar-refractivity contribution in [2.45, 2.75) is 12.8 Å². The van der Waals surface area contributed by atoms with Gasteiger partial charge in [0.1, 0.15) is 0 Å². The molecule has 1 N–H and O–H groups in total. The predicted octanol–water partition coefficient (Wildman–Crippen LogP) is 2.26. The maximum Gasteiger partial charge on any atom is 0.229 e. The van der Waals surface area contributed by atoms with Crippen molar-refractivity contribution < 1.29 is 13.2 Å². The van der Waals surface area contributed by atoms with E-state index < -0.39 is 10.0 Å². The number of alkyl halides is 1. The molecule has 0 heterocycles. The molecule has 0 saturated carbocycles. The summed E-state index contributed by atoms with van der Waals surface area (Å²) in [4.78, 5) is 11.8. The average molecular weight is 276 g/mol. The number of carbonyl (C=O) groups is 1. The van der Waals surface area contributed by atoms with Crippen molar-refractivity contribution in [3.8, 4) is 0 Å². The number of halogens is 1. The fourth-order valence-electron chi connectivity index (χ4n) is 1.38. The Bertz CT molecular complexity index is 499. The molecule has 0 unspecified atom stereocenters. The van der Waals surface area contributed by atoms with Gasteiger partial charge in [-0.3, -0.25) is 9.52 Å². The zero-order valence-electron chi connectivity index (χ0n) is 9.44. The van der Waals surface area contributed by atoms with Crippen LogP contribution in [0.3, 0.4) is 0 Å². The Morgan fingerprint density at radius 2 is 2.00 bits per heavy atom. The summed E-state index contributed by atoms with van der Waals surface area (Å²) < 4.78 is 24.6. The van der Waals surface area contributed by atoms with Crippen LogP contribution < -0.4 is 4.72 Å². The summed E-state index contributed by atoms with van der Waals surface area (Å²) in [5.74, 6) is 0.297. The van der Waals surface area contributed by atoms with Crippen LogP contribution in [0, 0.1) is 0 Å². The second-order valence-electron chi connectivity index (χ2n) is 3.64. The number of hydrogen-bond acceptors (Lipinski definition) is 3. The van der Waals surface area contributed by atoms with Gasteiger partial charge in [-0.05, 0) is 18.6 Å². The number of benzene rings is 1. The van der Waals surface area contributed by atoms with E-state index in [1.165, 1.54) is 0 Å². The first kappa shape index (κ1) is 14.0. The summed E-state index contributed by atoms with van der Waals surface area (Å²) in [6, 6.07) is 6.53. The predicted molar refractivity (Wildman–Crippen MR) is 69.2 cm³/mol. The molecule has 0 aliphatic carbocycles. The molecule has 17 heavy (non-hydrogen) atoms. The van der Waals surface area contributed by atoms with E-state index in [1.807, 2.05) is 0 Å². The molecule has 4 nitrogen and oxygen atoms in total. The summed E-state index contributed by atoms with van der Waals surface area (Å²) in [6.45, 7) is 0. The number of sulfonamides is 1. The van der Waals surface area contributed by atoms with Crippen LogP contribution in [0.2, 0.25) is 0 Å². The number of ketones is 1. The minimum Gasteiger partial charge on any atom is -0.294 e. The number of hydrogen-bond donors (Lipinski definition) is 1. The molecule has 0 aromatic heterocycles. The maximum absolute atomic E-state index is 11.8. The van der Waals surface area contributed by atoms with Crippen molar-refractivity contribution in [3.63, 3.8) is 0 Å². The topological polar surface area (TPSA) is 63.2 Å². The molecule has 0 amide bonds. The number of rotatable bonds is 6. The van der Waals surface area contributed by atoms with Crippen molar-refractivity contribution in [3.05, 3.63) is 29.8 Å². The van der Waals surface area contributed by atoms with Crippen LogP contribution >= 0.6 is 11.6 Å². The average Bonchev–Trinajstić information content (AvgIpc) is 2.24. The van der Waals surface area contributed by atoms with Crippen molar-refractivity contribution >= 4 is 33.1 Å². The van der Waals surface area contributed by atoms with E-state index in [9.17, 15) is 13.2 Å². The molecule has 94 valence electrons. The van der Waals surface area contributed by atoms with Gasteiger partial charge in [-0.1, -0.05) is 12.1 Å². The third kappa shape index (κ3) is 4.75. The number of carbonyl (C=O) groups excluding carboxylic acids is 1. The van der Waals surface area contributed by atoms with Crippen LogP contribution in [0.4, 0.5) is 5.69 Å². The summed E-state index contributed by atoms with van der Waals surface area (Å²) in [5.41, 5.74) is 0.692. The molecule has 1 aromatic rings.